The maximum Gasteiger partial charge on any atom is 0.280 e. The smallest absolute Gasteiger partial charge is 0.280 e. The van der Waals surface area contributed by atoms with E-state index in [1.807, 2.05) is 38.1 Å². The number of halogens is 2. The SMILES string of the molecule is Cc1ccc(C2=CN(CCC(C)C3OC=CO3)C(C(F)F)N=N2)cc1. The standard InChI is InChI=1S/C18H21F2N3O2/c1-12-3-5-14(6-4-12)15-11-23(17(16(19)20)22-21-15)8-7-13(2)18-24-9-10-25-18/h3-6,9-11,13,16-18H,7-8H2,1-2H3. The van der Waals surface area contributed by atoms with Gasteiger partial charge in [-0.25, -0.2) is 8.78 Å². The van der Waals surface area contributed by atoms with Crippen LogP contribution in [0.5, 0.6) is 0 Å². The number of hydrogen-bond donors (Lipinski definition) is 0. The Labute approximate surface area is 145 Å². The summed E-state index contributed by atoms with van der Waals surface area (Å²) in [7, 11) is 0. The molecule has 2 heterocycles. The van der Waals surface area contributed by atoms with Gasteiger partial charge in [0.2, 0.25) is 12.5 Å². The number of aryl methyl sites for hydroxylation is 1. The first kappa shape index (κ1) is 17.4. The van der Waals surface area contributed by atoms with E-state index in [1.165, 1.54) is 12.5 Å². The van der Waals surface area contributed by atoms with Crippen LogP contribution in [0.4, 0.5) is 8.78 Å². The quantitative estimate of drug-likeness (QED) is 0.758. The van der Waals surface area contributed by atoms with Crippen LogP contribution in [-0.2, 0) is 9.47 Å². The average Bonchev–Trinajstić information content (AvgIpc) is 3.14. The van der Waals surface area contributed by atoms with Crippen molar-refractivity contribution in [2.24, 2.45) is 16.1 Å². The lowest BCUT2D eigenvalue weighted by molar-refractivity contribution is -0.0661. The molecule has 0 amide bonds. The fourth-order valence-electron chi connectivity index (χ4n) is 2.70. The molecule has 0 aliphatic carbocycles. The van der Waals surface area contributed by atoms with Gasteiger partial charge in [-0.05, 0) is 13.3 Å². The van der Waals surface area contributed by atoms with E-state index in [2.05, 4.69) is 10.2 Å². The fourth-order valence-corrected chi connectivity index (χ4v) is 2.70. The Morgan fingerprint density at radius 2 is 1.84 bits per heavy atom. The van der Waals surface area contributed by atoms with Crippen molar-refractivity contribution in [2.45, 2.75) is 39.1 Å². The third kappa shape index (κ3) is 4.15. The summed E-state index contributed by atoms with van der Waals surface area (Å²) < 4.78 is 37.2. The minimum absolute atomic E-state index is 0.0587. The van der Waals surface area contributed by atoms with Crippen LogP contribution < -0.4 is 0 Å². The molecule has 0 N–H and O–H groups in total. The van der Waals surface area contributed by atoms with Gasteiger partial charge in [0, 0.05) is 24.2 Å². The summed E-state index contributed by atoms with van der Waals surface area (Å²) in [5.74, 6) is 0.0587. The molecule has 0 bridgehead atoms. The second kappa shape index (κ2) is 7.63. The molecule has 2 aliphatic heterocycles. The first-order chi connectivity index (χ1) is 12.0. The van der Waals surface area contributed by atoms with Crippen molar-refractivity contribution in [3.8, 4) is 0 Å². The zero-order valence-electron chi connectivity index (χ0n) is 14.2. The molecule has 0 fully saturated rings. The molecular weight excluding hydrogens is 328 g/mol. The Hall–Kier alpha value is -2.44. The van der Waals surface area contributed by atoms with Gasteiger partial charge in [0.1, 0.15) is 18.2 Å². The topological polar surface area (TPSA) is 46.4 Å². The number of azo groups is 1. The summed E-state index contributed by atoms with van der Waals surface area (Å²) in [6.45, 7) is 4.36. The monoisotopic (exact) mass is 349 g/mol. The van der Waals surface area contributed by atoms with Gasteiger partial charge in [0.15, 0.2) is 0 Å². The van der Waals surface area contributed by atoms with E-state index in [0.717, 1.165) is 11.1 Å². The van der Waals surface area contributed by atoms with Crippen LogP contribution in [0.2, 0.25) is 0 Å². The lowest BCUT2D eigenvalue weighted by atomic mass is 10.1. The largest absolute Gasteiger partial charge is 0.459 e. The van der Waals surface area contributed by atoms with Crippen LogP contribution >= 0.6 is 0 Å². The summed E-state index contributed by atoms with van der Waals surface area (Å²) in [5, 5.41) is 7.82. The average molecular weight is 349 g/mol. The molecular formula is C18H21F2N3O2. The third-order valence-electron chi connectivity index (χ3n) is 4.27. The first-order valence-electron chi connectivity index (χ1n) is 8.24. The molecule has 2 atom stereocenters. The van der Waals surface area contributed by atoms with E-state index in [0.29, 0.717) is 18.7 Å². The second-order valence-electron chi connectivity index (χ2n) is 6.26. The minimum Gasteiger partial charge on any atom is -0.459 e. The van der Waals surface area contributed by atoms with Crippen molar-refractivity contribution in [1.29, 1.82) is 0 Å². The van der Waals surface area contributed by atoms with E-state index >= 15 is 0 Å². The van der Waals surface area contributed by atoms with Crippen molar-refractivity contribution in [1.82, 2.24) is 4.90 Å². The van der Waals surface area contributed by atoms with Crippen LogP contribution in [0, 0.1) is 12.8 Å². The Morgan fingerprint density at radius 1 is 1.16 bits per heavy atom. The summed E-state index contributed by atoms with van der Waals surface area (Å²) in [5.41, 5.74) is 2.56. The molecule has 5 nitrogen and oxygen atoms in total. The van der Waals surface area contributed by atoms with Crippen LogP contribution in [0.1, 0.15) is 24.5 Å². The molecule has 0 saturated heterocycles. The molecule has 1 aromatic carbocycles. The van der Waals surface area contributed by atoms with E-state index in [9.17, 15) is 8.78 Å². The van der Waals surface area contributed by atoms with Crippen LogP contribution in [0.15, 0.2) is 53.2 Å². The first-order valence-corrected chi connectivity index (χ1v) is 8.24. The van der Waals surface area contributed by atoms with E-state index in [1.54, 1.807) is 11.1 Å². The summed E-state index contributed by atoms with van der Waals surface area (Å²) in [6, 6.07) is 7.74. The lowest BCUT2D eigenvalue weighted by Gasteiger charge is -2.31. The number of nitrogens with zero attached hydrogens (tertiary/aromatic N) is 3. The second-order valence-corrected chi connectivity index (χ2v) is 6.26. The van der Waals surface area contributed by atoms with Crippen LogP contribution in [0.25, 0.3) is 5.70 Å². The van der Waals surface area contributed by atoms with Gasteiger partial charge in [0.25, 0.3) is 6.43 Å². The Balaban J connectivity index is 1.70. The predicted octanol–water partition coefficient (Wildman–Crippen LogP) is 4.52. The molecule has 0 spiro atoms. The highest BCUT2D eigenvalue weighted by molar-refractivity contribution is 5.64. The molecule has 2 aliphatic rings. The van der Waals surface area contributed by atoms with Gasteiger partial charge in [-0.3, -0.25) is 0 Å². The van der Waals surface area contributed by atoms with Gasteiger partial charge >= 0.3 is 0 Å². The Bertz CT molecular complexity index is 665. The maximum absolute atomic E-state index is 13.3. The van der Waals surface area contributed by atoms with Gasteiger partial charge < -0.3 is 14.4 Å². The Kier molecular flexibility index (Phi) is 5.31. The Morgan fingerprint density at radius 3 is 2.48 bits per heavy atom. The normalized spacial score (nSPS) is 21.2. The molecule has 1 aromatic rings. The zero-order chi connectivity index (χ0) is 17.8. The lowest BCUT2D eigenvalue weighted by Crippen LogP contribution is -2.38. The van der Waals surface area contributed by atoms with Gasteiger partial charge in [0.05, 0.1) is 0 Å². The number of alkyl halides is 2. The summed E-state index contributed by atoms with van der Waals surface area (Å²) >= 11 is 0. The molecule has 134 valence electrons. The minimum atomic E-state index is -2.60. The number of hydrogen-bond acceptors (Lipinski definition) is 5. The van der Waals surface area contributed by atoms with Crippen molar-refractivity contribution in [3.05, 3.63) is 54.1 Å². The van der Waals surface area contributed by atoms with Gasteiger partial charge in [-0.15, -0.1) is 0 Å². The molecule has 7 heteroatoms. The molecule has 3 rings (SSSR count). The van der Waals surface area contributed by atoms with Crippen LogP contribution in [0.3, 0.4) is 0 Å². The predicted molar refractivity (Wildman–Crippen MR) is 89.4 cm³/mol. The van der Waals surface area contributed by atoms with Crippen molar-refractivity contribution in [3.63, 3.8) is 0 Å². The molecule has 25 heavy (non-hydrogen) atoms. The third-order valence-corrected chi connectivity index (χ3v) is 4.27. The summed E-state index contributed by atoms with van der Waals surface area (Å²) in [4.78, 5) is 1.55. The molecule has 0 aromatic heterocycles. The maximum atomic E-state index is 13.3. The number of benzene rings is 1. The van der Waals surface area contributed by atoms with Crippen LogP contribution in [-0.4, -0.2) is 30.3 Å². The van der Waals surface area contributed by atoms with Gasteiger partial charge in [-0.2, -0.15) is 10.2 Å². The molecule has 0 saturated carbocycles. The van der Waals surface area contributed by atoms with E-state index in [-0.39, 0.29) is 12.2 Å². The highest BCUT2D eigenvalue weighted by atomic mass is 19.3. The highest BCUT2D eigenvalue weighted by Gasteiger charge is 2.30. The summed E-state index contributed by atoms with van der Waals surface area (Å²) in [6.07, 6.45) is 1.05. The zero-order valence-corrected chi connectivity index (χ0v) is 14.2. The fraction of sp³-hybridized carbons (Fsp3) is 0.444. The van der Waals surface area contributed by atoms with Crippen molar-refractivity contribution in [2.75, 3.05) is 6.54 Å². The number of ether oxygens (including phenoxy) is 2. The molecule has 2 unspecified atom stereocenters. The van der Waals surface area contributed by atoms with Crippen molar-refractivity contribution >= 4 is 5.70 Å². The molecule has 0 radical (unpaired) electrons. The van der Waals surface area contributed by atoms with E-state index < -0.39 is 12.6 Å². The van der Waals surface area contributed by atoms with Crippen molar-refractivity contribution < 1.29 is 18.3 Å². The highest BCUT2D eigenvalue weighted by Crippen LogP contribution is 2.27. The number of rotatable bonds is 6. The van der Waals surface area contributed by atoms with E-state index in [4.69, 9.17) is 9.47 Å². The van der Waals surface area contributed by atoms with Gasteiger partial charge in [-0.1, -0.05) is 36.8 Å².